The fourth-order valence-corrected chi connectivity index (χ4v) is 1.20. The summed E-state index contributed by atoms with van der Waals surface area (Å²) in [6.45, 7) is 5.29. The Morgan fingerprint density at radius 2 is 2.31 bits per heavy atom. The number of hydrogen-bond acceptors (Lipinski definition) is 1. The van der Waals surface area contributed by atoms with Gasteiger partial charge >= 0.3 is 0 Å². The first kappa shape index (κ1) is 9.65. The van der Waals surface area contributed by atoms with Gasteiger partial charge in [0.1, 0.15) is 5.82 Å². The molecular weight excluding hydrogens is 167 g/mol. The van der Waals surface area contributed by atoms with Gasteiger partial charge in [-0.2, -0.15) is 0 Å². The van der Waals surface area contributed by atoms with Crippen LogP contribution in [0.5, 0.6) is 0 Å². The van der Waals surface area contributed by atoms with E-state index in [1.54, 1.807) is 6.07 Å². The molecule has 0 aliphatic heterocycles. The van der Waals surface area contributed by atoms with Gasteiger partial charge in [0.25, 0.3) is 0 Å². The molecule has 0 aliphatic rings. The summed E-state index contributed by atoms with van der Waals surface area (Å²) in [6.07, 6.45) is 1.92. The van der Waals surface area contributed by atoms with E-state index in [-0.39, 0.29) is 11.6 Å². The molecule has 0 fully saturated rings. The van der Waals surface area contributed by atoms with Gasteiger partial charge in [0.15, 0.2) is 5.78 Å². The zero-order valence-electron chi connectivity index (χ0n) is 7.51. The first-order valence-corrected chi connectivity index (χ1v) is 4.14. The molecule has 0 unspecified atom stereocenters. The lowest BCUT2D eigenvalue weighted by Gasteiger charge is -2.03. The number of ketones is 1. The topological polar surface area (TPSA) is 17.1 Å². The van der Waals surface area contributed by atoms with Crippen molar-refractivity contribution in [2.24, 2.45) is 0 Å². The third-order valence-electron chi connectivity index (χ3n) is 1.90. The van der Waals surface area contributed by atoms with Crippen LogP contribution in [0.4, 0.5) is 4.39 Å². The summed E-state index contributed by atoms with van der Waals surface area (Å²) in [4.78, 5) is 11.3. The molecular formula is C11H11FO. The molecule has 1 rings (SSSR count). The molecule has 2 heteroatoms. The summed E-state index contributed by atoms with van der Waals surface area (Å²) in [5, 5.41) is 0. The Balaban J connectivity index is 3.23. The van der Waals surface area contributed by atoms with Crippen LogP contribution < -0.4 is 0 Å². The van der Waals surface area contributed by atoms with Crippen LogP contribution in [0.15, 0.2) is 30.9 Å². The van der Waals surface area contributed by atoms with E-state index >= 15 is 0 Å². The largest absolute Gasteiger partial charge is 0.289 e. The molecule has 0 N–H and O–H groups in total. The first-order valence-electron chi connectivity index (χ1n) is 4.14. The van der Waals surface area contributed by atoms with Crippen molar-refractivity contribution >= 4 is 5.78 Å². The number of allylic oxidation sites excluding steroid dienone is 1. The number of hydrogen-bond donors (Lipinski definition) is 0. The highest BCUT2D eigenvalue weighted by Crippen LogP contribution is 2.13. The minimum atomic E-state index is -0.387. The van der Waals surface area contributed by atoms with Gasteiger partial charge in [0.2, 0.25) is 0 Å². The number of carbonyl (C=O) groups is 1. The van der Waals surface area contributed by atoms with Crippen LogP contribution in [0, 0.1) is 5.82 Å². The van der Waals surface area contributed by atoms with Crippen molar-refractivity contribution in [3.63, 3.8) is 0 Å². The fraction of sp³-hybridized carbons (Fsp3) is 0.182. The molecule has 1 aromatic carbocycles. The normalized spacial score (nSPS) is 9.69. The minimum absolute atomic E-state index is 0.226. The highest BCUT2D eigenvalue weighted by molar-refractivity contribution is 6.05. The zero-order valence-corrected chi connectivity index (χ0v) is 7.51. The average molecular weight is 178 g/mol. The van der Waals surface area contributed by atoms with E-state index in [0.717, 1.165) is 12.0 Å². The number of rotatable bonds is 3. The number of benzene rings is 1. The molecule has 0 aromatic heterocycles. The second-order valence-electron chi connectivity index (χ2n) is 2.72. The van der Waals surface area contributed by atoms with E-state index in [1.165, 1.54) is 18.2 Å². The summed E-state index contributed by atoms with van der Waals surface area (Å²) in [5.74, 6) is -0.612. The van der Waals surface area contributed by atoms with Crippen molar-refractivity contribution in [1.82, 2.24) is 0 Å². The maximum absolute atomic E-state index is 12.8. The van der Waals surface area contributed by atoms with Crippen LogP contribution in [-0.2, 0) is 6.42 Å². The minimum Gasteiger partial charge on any atom is -0.289 e. The van der Waals surface area contributed by atoms with E-state index in [2.05, 4.69) is 6.58 Å². The standard InChI is InChI=1S/C11H11FO/c1-3-8-5-6-9(12)7-10(8)11(13)4-2/h4-7H,2-3H2,1H3. The lowest BCUT2D eigenvalue weighted by Crippen LogP contribution is -2.00. The first-order chi connectivity index (χ1) is 6.19. The van der Waals surface area contributed by atoms with Gasteiger partial charge in [-0.25, -0.2) is 4.39 Å². The van der Waals surface area contributed by atoms with E-state index in [0.29, 0.717) is 5.56 Å². The van der Waals surface area contributed by atoms with Crippen LogP contribution in [0.25, 0.3) is 0 Å². The van der Waals surface area contributed by atoms with E-state index in [4.69, 9.17) is 0 Å². The molecule has 0 heterocycles. The summed E-state index contributed by atoms with van der Waals surface area (Å²) < 4.78 is 12.8. The molecule has 0 atom stereocenters. The lowest BCUT2D eigenvalue weighted by atomic mass is 10.0. The quantitative estimate of drug-likeness (QED) is 0.513. The molecule has 0 saturated heterocycles. The highest BCUT2D eigenvalue weighted by atomic mass is 19.1. The van der Waals surface area contributed by atoms with Gasteiger partial charge in [0, 0.05) is 5.56 Å². The third-order valence-corrected chi connectivity index (χ3v) is 1.90. The van der Waals surface area contributed by atoms with Crippen molar-refractivity contribution in [1.29, 1.82) is 0 Å². The van der Waals surface area contributed by atoms with Crippen LogP contribution in [0.1, 0.15) is 22.8 Å². The average Bonchev–Trinajstić information content (AvgIpc) is 2.16. The van der Waals surface area contributed by atoms with Crippen molar-refractivity contribution < 1.29 is 9.18 Å². The molecule has 13 heavy (non-hydrogen) atoms. The van der Waals surface area contributed by atoms with Crippen LogP contribution >= 0.6 is 0 Å². The SMILES string of the molecule is C=CC(=O)c1cc(F)ccc1CC. The van der Waals surface area contributed by atoms with Crippen molar-refractivity contribution in [2.45, 2.75) is 13.3 Å². The molecule has 0 aliphatic carbocycles. The van der Waals surface area contributed by atoms with Gasteiger partial charge in [-0.3, -0.25) is 4.79 Å². The summed E-state index contributed by atoms with van der Waals surface area (Å²) in [5.41, 5.74) is 1.27. The third kappa shape index (κ3) is 2.02. The number of aryl methyl sites for hydroxylation is 1. The Bertz CT molecular complexity index is 342. The lowest BCUT2D eigenvalue weighted by molar-refractivity contribution is 0.104. The van der Waals surface area contributed by atoms with Crippen molar-refractivity contribution in [3.8, 4) is 0 Å². The second-order valence-corrected chi connectivity index (χ2v) is 2.72. The Kier molecular flexibility index (Phi) is 2.96. The molecule has 1 aromatic rings. The predicted molar refractivity (Wildman–Crippen MR) is 50.3 cm³/mol. The van der Waals surface area contributed by atoms with Gasteiger partial charge < -0.3 is 0 Å². The van der Waals surface area contributed by atoms with E-state index in [1.807, 2.05) is 6.92 Å². The van der Waals surface area contributed by atoms with Crippen molar-refractivity contribution in [3.05, 3.63) is 47.8 Å². The molecule has 1 nitrogen and oxygen atoms in total. The molecule has 0 saturated carbocycles. The second kappa shape index (κ2) is 3.99. The smallest absolute Gasteiger partial charge is 0.185 e. The molecule has 0 radical (unpaired) electrons. The number of carbonyl (C=O) groups excluding carboxylic acids is 1. The van der Waals surface area contributed by atoms with E-state index < -0.39 is 0 Å². The van der Waals surface area contributed by atoms with Crippen molar-refractivity contribution in [2.75, 3.05) is 0 Å². The predicted octanol–water partition coefficient (Wildman–Crippen LogP) is 2.76. The van der Waals surface area contributed by atoms with Crippen LogP contribution in [0.2, 0.25) is 0 Å². The summed E-state index contributed by atoms with van der Waals surface area (Å²) in [7, 11) is 0. The van der Waals surface area contributed by atoms with Gasteiger partial charge in [0.05, 0.1) is 0 Å². The molecule has 68 valence electrons. The fourth-order valence-electron chi connectivity index (χ4n) is 1.20. The summed E-state index contributed by atoms with van der Waals surface area (Å²) >= 11 is 0. The zero-order chi connectivity index (χ0) is 9.84. The highest BCUT2D eigenvalue weighted by Gasteiger charge is 2.07. The monoisotopic (exact) mass is 178 g/mol. The van der Waals surface area contributed by atoms with Gasteiger partial charge in [-0.15, -0.1) is 0 Å². The van der Waals surface area contributed by atoms with Crippen LogP contribution in [-0.4, -0.2) is 5.78 Å². The van der Waals surface area contributed by atoms with E-state index in [9.17, 15) is 9.18 Å². The maximum Gasteiger partial charge on any atom is 0.185 e. The van der Waals surface area contributed by atoms with Gasteiger partial charge in [-0.1, -0.05) is 19.6 Å². The Morgan fingerprint density at radius 3 is 2.85 bits per heavy atom. The Labute approximate surface area is 76.9 Å². The molecule has 0 spiro atoms. The molecule has 0 bridgehead atoms. The Hall–Kier alpha value is -1.44. The number of halogens is 1. The van der Waals surface area contributed by atoms with Crippen LogP contribution in [0.3, 0.4) is 0 Å². The Morgan fingerprint density at radius 1 is 1.62 bits per heavy atom. The maximum atomic E-state index is 12.8. The summed E-state index contributed by atoms with van der Waals surface area (Å²) in [6, 6.07) is 4.24. The van der Waals surface area contributed by atoms with Gasteiger partial charge in [-0.05, 0) is 30.2 Å². The molecule has 0 amide bonds.